The monoisotopic (exact) mass is 194 g/mol. The molecule has 2 N–H and O–H groups in total. The number of fused-ring (bicyclic) bond motifs is 1. The van der Waals surface area contributed by atoms with Crippen molar-refractivity contribution < 1.29 is 15.0 Å². The molecule has 2 aliphatic carbocycles. The summed E-state index contributed by atoms with van der Waals surface area (Å²) >= 11 is 0. The van der Waals surface area contributed by atoms with Gasteiger partial charge in [-0.05, 0) is 37.2 Å². The maximum atomic E-state index is 11.0. The highest BCUT2D eigenvalue weighted by Gasteiger charge is 2.45. The topological polar surface area (TPSA) is 57.5 Å². The van der Waals surface area contributed by atoms with Gasteiger partial charge in [0.2, 0.25) is 0 Å². The van der Waals surface area contributed by atoms with Gasteiger partial charge in [-0.15, -0.1) is 0 Å². The van der Waals surface area contributed by atoms with Crippen molar-refractivity contribution in [2.45, 2.75) is 31.3 Å². The molecule has 0 amide bonds. The van der Waals surface area contributed by atoms with E-state index in [1.165, 1.54) is 0 Å². The zero-order valence-electron chi connectivity index (χ0n) is 7.94. The summed E-state index contributed by atoms with van der Waals surface area (Å²) in [6, 6.07) is 0. The van der Waals surface area contributed by atoms with Crippen LogP contribution in [0.1, 0.15) is 25.7 Å². The molecule has 0 saturated heterocycles. The van der Waals surface area contributed by atoms with Gasteiger partial charge in [0.05, 0.1) is 0 Å². The zero-order valence-corrected chi connectivity index (χ0v) is 7.94. The summed E-state index contributed by atoms with van der Waals surface area (Å²) in [7, 11) is 0. The Hall–Kier alpha value is -1.09. The van der Waals surface area contributed by atoms with E-state index in [9.17, 15) is 9.90 Å². The largest absolute Gasteiger partial charge is 0.479 e. The fourth-order valence-corrected chi connectivity index (χ4v) is 2.41. The van der Waals surface area contributed by atoms with Crippen LogP contribution in [0.4, 0.5) is 0 Å². The Morgan fingerprint density at radius 2 is 2.36 bits per heavy atom. The van der Waals surface area contributed by atoms with Crippen LogP contribution in [0.2, 0.25) is 0 Å². The molecule has 2 rings (SSSR count). The minimum absolute atomic E-state index is 0.231. The van der Waals surface area contributed by atoms with E-state index in [0.717, 1.165) is 19.3 Å². The maximum Gasteiger partial charge on any atom is 0.340 e. The molecule has 1 fully saturated rings. The van der Waals surface area contributed by atoms with E-state index in [1.807, 2.05) is 12.2 Å². The number of aliphatic carboxylic acids is 1. The Kier molecular flexibility index (Phi) is 2.19. The van der Waals surface area contributed by atoms with Crippen molar-refractivity contribution in [3.8, 4) is 0 Å². The van der Waals surface area contributed by atoms with E-state index in [2.05, 4.69) is 0 Å². The van der Waals surface area contributed by atoms with Crippen molar-refractivity contribution in [1.29, 1.82) is 0 Å². The van der Waals surface area contributed by atoms with Crippen LogP contribution >= 0.6 is 0 Å². The third-order valence-corrected chi connectivity index (χ3v) is 3.19. The van der Waals surface area contributed by atoms with Crippen LogP contribution in [0, 0.1) is 5.92 Å². The number of rotatable bonds is 1. The number of carbonyl (C=O) groups is 1. The average Bonchev–Trinajstić information content (AvgIpc) is 2.18. The molecule has 1 saturated carbocycles. The van der Waals surface area contributed by atoms with Crippen LogP contribution in [0.25, 0.3) is 0 Å². The van der Waals surface area contributed by atoms with E-state index in [0.29, 0.717) is 12.0 Å². The average molecular weight is 194 g/mol. The fraction of sp³-hybridized carbons (Fsp3) is 0.545. The summed E-state index contributed by atoms with van der Waals surface area (Å²) in [5.41, 5.74) is -0.910. The molecule has 2 unspecified atom stereocenters. The molecule has 0 bridgehead atoms. The number of allylic oxidation sites excluding steroid dienone is 3. The molecule has 2 aliphatic rings. The van der Waals surface area contributed by atoms with Crippen molar-refractivity contribution in [1.82, 2.24) is 0 Å². The molecular formula is C11H14O3. The third-order valence-electron chi connectivity index (χ3n) is 3.19. The molecule has 14 heavy (non-hydrogen) atoms. The second kappa shape index (κ2) is 3.24. The quantitative estimate of drug-likeness (QED) is 0.664. The molecule has 0 aromatic rings. The van der Waals surface area contributed by atoms with Gasteiger partial charge < -0.3 is 10.2 Å². The van der Waals surface area contributed by atoms with Crippen molar-refractivity contribution in [3.05, 3.63) is 23.8 Å². The fourth-order valence-electron chi connectivity index (χ4n) is 2.41. The molecule has 0 heterocycles. The first kappa shape index (κ1) is 9.46. The summed E-state index contributed by atoms with van der Waals surface area (Å²) in [5, 5.41) is 19.1. The summed E-state index contributed by atoms with van der Waals surface area (Å²) in [4.78, 5) is 11.0. The molecule has 2 atom stereocenters. The first-order valence-electron chi connectivity index (χ1n) is 4.97. The van der Waals surface area contributed by atoms with Crippen LogP contribution in [0.15, 0.2) is 23.8 Å². The lowest BCUT2D eigenvalue weighted by atomic mass is 9.71. The lowest BCUT2D eigenvalue weighted by Crippen LogP contribution is -2.45. The Balaban J connectivity index is 2.37. The second-order valence-electron chi connectivity index (χ2n) is 4.04. The molecule has 0 aliphatic heterocycles. The highest BCUT2D eigenvalue weighted by molar-refractivity contribution is 5.82. The second-order valence-corrected chi connectivity index (χ2v) is 4.04. The minimum atomic E-state index is -1.60. The van der Waals surface area contributed by atoms with E-state index in [-0.39, 0.29) is 5.92 Å². The van der Waals surface area contributed by atoms with Gasteiger partial charge in [0.25, 0.3) is 0 Å². The predicted octanol–water partition coefficient (Wildman–Crippen LogP) is 1.49. The minimum Gasteiger partial charge on any atom is -0.479 e. The Morgan fingerprint density at radius 1 is 1.57 bits per heavy atom. The smallest absolute Gasteiger partial charge is 0.340 e. The summed E-state index contributed by atoms with van der Waals surface area (Å²) in [6.07, 6.45) is 8.62. The first-order valence-corrected chi connectivity index (χ1v) is 4.97. The zero-order chi connectivity index (χ0) is 10.2. The van der Waals surface area contributed by atoms with Crippen LogP contribution in [-0.2, 0) is 4.79 Å². The van der Waals surface area contributed by atoms with Gasteiger partial charge in [0.15, 0.2) is 5.60 Å². The van der Waals surface area contributed by atoms with Gasteiger partial charge in [-0.2, -0.15) is 0 Å². The van der Waals surface area contributed by atoms with Crippen LogP contribution in [0.3, 0.4) is 0 Å². The van der Waals surface area contributed by atoms with Crippen molar-refractivity contribution in [3.63, 3.8) is 0 Å². The Labute approximate surface area is 82.7 Å². The molecular weight excluding hydrogens is 180 g/mol. The van der Waals surface area contributed by atoms with Gasteiger partial charge in [-0.1, -0.05) is 18.2 Å². The SMILES string of the molecule is O=C(O)C1(O)CCCC2CC=CC=C21. The molecule has 3 heteroatoms. The number of hydrogen-bond donors (Lipinski definition) is 2. The molecule has 0 aromatic carbocycles. The van der Waals surface area contributed by atoms with Gasteiger partial charge in [0, 0.05) is 0 Å². The van der Waals surface area contributed by atoms with Gasteiger partial charge in [-0.3, -0.25) is 0 Å². The summed E-state index contributed by atoms with van der Waals surface area (Å²) in [6.45, 7) is 0. The molecule has 3 nitrogen and oxygen atoms in total. The summed E-state index contributed by atoms with van der Waals surface area (Å²) < 4.78 is 0. The highest BCUT2D eigenvalue weighted by Crippen LogP contribution is 2.41. The lowest BCUT2D eigenvalue weighted by molar-refractivity contribution is -0.157. The summed E-state index contributed by atoms with van der Waals surface area (Å²) in [5.74, 6) is -0.876. The maximum absolute atomic E-state index is 11.0. The normalized spacial score (nSPS) is 36.1. The Morgan fingerprint density at radius 3 is 3.07 bits per heavy atom. The van der Waals surface area contributed by atoms with Crippen molar-refractivity contribution >= 4 is 5.97 Å². The Bertz CT molecular complexity index is 316. The number of carboxylic acid groups (broad SMARTS) is 1. The van der Waals surface area contributed by atoms with Gasteiger partial charge in [-0.25, -0.2) is 4.79 Å². The van der Waals surface area contributed by atoms with Crippen LogP contribution in [0.5, 0.6) is 0 Å². The molecule has 0 spiro atoms. The van der Waals surface area contributed by atoms with Crippen LogP contribution in [-0.4, -0.2) is 21.8 Å². The lowest BCUT2D eigenvalue weighted by Gasteiger charge is -2.37. The molecule has 76 valence electrons. The molecule has 0 aromatic heterocycles. The number of hydrogen-bond acceptors (Lipinski definition) is 2. The highest BCUT2D eigenvalue weighted by atomic mass is 16.4. The number of carboxylic acids is 1. The van der Waals surface area contributed by atoms with Crippen LogP contribution < -0.4 is 0 Å². The standard InChI is InChI=1S/C11H14O3/c12-10(13)11(14)7-3-5-8-4-1-2-6-9(8)11/h1-2,6,8,14H,3-5,7H2,(H,12,13). The van der Waals surface area contributed by atoms with E-state index < -0.39 is 11.6 Å². The first-order chi connectivity index (χ1) is 6.64. The molecule has 0 radical (unpaired) electrons. The van der Waals surface area contributed by atoms with Gasteiger partial charge in [0.1, 0.15) is 0 Å². The van der Waals surface area contributed by atoms with Gasteiger partial charge >= 0.3 is 5.97 Å². The van der Waals surface area contributed by atoms with E-state index >= 15 is 0 Å². The number of aliphatic hydroxyl groups is 1. The third kappa shape index (κ3) is 1.28. The predicted molar refractivity (Wildman–Crippen MR) is 51.8 cm³/mol. The van der Waals surface area contributed by atoms with Crippen molar-refractivity contribution in [2.24, 2.45) is 5.92 Å². The van der Waals surface area contributed by atoms with Crippen molar-refractivity contribution in [2.75, 3.05) is 0 Å². The van der Waals surface area contributed by atoms with E-state index in [4.69, 9.17) is 5.11 Å². The van der Waals surface area contributed by atoms with E-state index in [1.54, 1.807) is 6.08 Å².